The first-order chi connectivity index (χ1) is 9.33. The normalized spacial score (nSPS) is 11.1. The molecule has 1 rings (SSSR count). The van der Waals surface area contributed by atoms with Crippen molar-refractivity contribution < 1.29 is 0 Å². The molecule has 3 nitrogen and oxygen atoms in total. The minimum Gasteiger partial charge on any atom is -0.249 e. The molecule has 0 unspecified atom stereocenters. The van der Waals surface area contributed by atoms with Crippen molar-refractivity contribution in [3.8, 4) is 0 Å². The molecule has 1 aromatic rings. The lowest BCUT2D eigenvalue weighted by Crippen LogP contribution is -2.07. The molecule has 0 N–H and O–H groups in total. The Kier molecular flexibility index (Phi) is 8.52. The van der Waals surface area contributed by atoms with Gasteiger partial charge in [-0.25, -0.2) is 4.68 Å². The largest absolute Gasteiger partial charge is 0.249 e. The molecule has 0 aliphatic heterocycles. The number of rotatable bonds is 11. The maximum atomic E-state index is 4.42. The summed E-state index contributed by atoms with van der Waals surface area (Å²) in [4.78, 5) is 0. The van der Waals surface area contributed by atoms with Crippen molar-refractivity contribution in [2.24, 2.45) is 0 Å². The van der Waals surface area contributed by atoms with E-state index >= 15 is 0 Å². The zero-order chi connectivity index (χ0) is 13.9. The number of hydrogen-bond acceptors (Lipinski definition) is 2. The molecular formula is C16H31N3. The monoisotopic (exact) mass is 265 g/mol. The molecule has 0 fully saturated rings. The van der Waals surface area contributed by atoms with E-state index in [0.717, 1.165) is 19.4 Å². The standard InChI is InChI=1S/C16H31N3/c1-4-7-10-11-14-19-16(13-9-6-3)15(17-18-19)12-8-5-2/h4-14H2,1-3H3. The summed E-state index contributed by atoms with van der Waals surface area (Å²) in [5.41, 5.74) is 2.66. The Balaban J connectivity index is 2.58. The van der Waals surface area contributed by atoms with Gasteiger partial charge in [0.05, 0.1) is 11.4 Å². The number of nitrogens with zero attached hydrogens (tertiary/aromatic N) is 3. The Hall–Kier alpha value is -0.860. The van der Waals surface area contributed by atoms with Crippen molar-refractivity contribution in [3.63, 3.8) is 0 Å². The summed E-state index contributed by atoms with van der Waals surface area (Å²) in [6, 6.07) is 0. The molecule has 1 aromatic heterocycles. The van der Waals surface area contributed by atoms with Crippen molar-refractivity contribution in [3.05, 3.63) is 11.4 Å². The lowest BCUT2D eigenvalue weighted by molar-refractivity contribution is 0.508. The molecule has 1 heterocycles. The fourth-order valence-electron chi connectivity index (χ4n) is 2.39. The fourth-order valence-corrected chi connectivity index (χ4v) is 2.39. The van der Waals surface area contributed by atoms with E-state index in [1.807, 2.05) is 0 Å². The second-order valence-electron chi connectivity index (χ2n) is 5.47. The van der Waals surface area contributed by atoms with Crippen molar-refractivity contribution in [2.75, 3.05) is 0 Å². The Morgan fingerprint density at radius 2 is 1.47 bits per heavy atom. The molecule has 0 bridgehead atoms. The van der Waals surface area contributed by atoms with Crippen LogP contribution in [-0.2, 0) is 19.4 Å². The SMILES string of the molecule is CCCCCCn1nnc(CCCC)c1CCCC. The predicted molar refractivity (Wildman–Crippen MR) is 81.4 cm³/mol. The van der Waals surface area contributed by atoms with Gasteiger partial charge in [-0.15, -0.1) is 5.10 Å². The first-order valence-electron chi connectivity index (χ1n) is 8.24. The molecule has 3 heteroatoms. The van der Waals surface area contributed by atoms with Crippen LogP contribution in [0, 0.1) is 0 Å². The van der Waals surface area contributed by atoms with Gasteiger partial charge in [0.15, 0.2) is 0 Å². The minimum absolute atomic E-state index is 1.05. The molecule has 0 amide bonds. The Labute approximate surface area is 118 Å². The first kappa shape index (κ1) is 16.2. The third-order valence-electron chi connectivity index (χ3n) is 3.68. The fraction of sp³-hybridized carbons (Fsp3) is 0.875. The van der Waals surface area contributed by atoms with E-state index in [1.165, 1.54) is 62.8 Å². The molecule has 0 saturated heterocycles. The Morgan fingerprint density at radius 3 is 2.16 bits per heavy atom. The molecule has 0 spiro atoms. The molecule has 0 aliphatic carbocycles. The maximum absolute atomic E-state index is 4.42. The first-order valence-corrected chi connectivity index (χ1v) is 8.24. The zero-order valence-corrected chi connectivity index (χ0v) is 13.1. The highest BCUT2D eigenvalue weighted by molar-refractivity contribution is 5.10. The van der Waals surface area contributed by atoms with Gasteiger partial charge in [0.25, 0.3) is 0 Å². The van der Waals surface area contributed by atoms with E-state index in [1.54, 1.807) is 0 Å². The van der Waals surface area contributed by atoms with Crippen molar-refractivity contribution in [2.45, 2.75) is 91.5 Å². The second-order valence-corrected chi connectivity index (χ2v) is 5.47. The van der Waals surface area contributed by atoms with Crippen LogP contribution >= 0.6 is 0 Å². The topological polar surface area (TPSA) is 30.7 Å². The molecular weight excluding hydrogens is 234 g/mol. The highest BCUT2D eigenvalue weighted by Crippen LogP contribution is 2.14. The molecule has 0 saturated carbocycles. The second kappa shape index (κ2) is 9.99. The van der Waals surface area contributed by atoms with Gasteiger partial charge < -0.3 is 0 Å². The van der Waals surface area contributed by atoms with Crippen molar-refractivity contribution in [1.82, 2.24) is 15.0 Å². The van der Waals surface area contributed by atoms with Crippen LogP contribution in [0.5, 0.6) is 0 Å². The van der Waals surface area contributed by atoms with E-state index in [9.17, 15) is 0 Å². The number of unbranched alkanes of at least 4 members (excludes halogenated alkanes) is 5. The quantitative estimate of drug-likeness (QED) is 0.550. The molecule has 19 heavy (non-hydrogen) atoms. The lowest BCUT2D eigenvalue weighted by Gasteiger charge is -2.07. The highest BCUT2D eigenvalue weighted by Gasteiger charge is 2.11. The van der Waals surface area contributed by atoms with Gasteiger partial charge in [0.2, 0.25) is 0 Å². The van der Waals surface area contributed by atoms with Crippen LogP contribution in [-0.4, -0.2) is 15.0 Å². The number of aromatic nitrogens is 3. The summed E-state index contributed by atoms with van der Waals surface area (Å²) >= 11 is 0. The molecule has 0 atom stereocenters. The number of aryl methyl sites for hydroxylation is 2. The number of hydrogen-bond donors (Lipinski definition) is 0. The van der Waals surface area contributed by atoms with Gasteiger partial charge in [-0.1, -0.05) is 58.1 Å². The Bertz CT molecular complexity index is 331. The van der Waals surface area contributed by atoms with E-state index in [2.05, 4.69) is 35.8 Å². The van der Waals surface area contributed by atoms with Crippen LogP contribution in [0.25, 0.3) is 0 Å². The van der Waals surface area contributed by atoms with E-state index < -0.39 is 0 Å². The van der Waals surface area contributed by atoms with E-state index in [0.29, 0.717) is 0 Å². The summed E-state index contributed by atoms with van der Waals surface area (Å²) in [7, 11) is 0. The van der Waals surface area contributed by atoms with Crippen molar-refractivity contribution >= 4 is 0 Å². The average Bonchev–Trinajstić information content (AvgIpc) is 2.81. The van der Waals surface area contributed by atoms with Crippen LogP contribution in [0.4, 0.5) is 0 Å². The smallest absolute Gasteiger partial charge is 0.0859 e. The van der Waals surface area contributed by atoms with Gasteiger partial charge >= 0.3 is 0 Å². The van der Waals surface area contributed by atoms with Gasteiger partial charge in [0, 0.05) is 6.54 Å². The maximum Gasteiger partial charge on any atom is 0.0859 e. The highest BCUT2D eigenvalue weighted by atomic mass is 15.4. The van der Waals surface area contributed by atoms with Crippen molar-refractivity contribution in [1.29, 1.82) is 0 Å². The predicted octanol–water partition coefficient (Wildman–Crippen LogP) is 4.54. The molecule has 0 aliphatic rings. The van der Waals surface area contributed by atoms with Crippen LogP contribution < -0.4 is 0 Å². The van der Waals surface area contributed by atoms with E-state index in [4.69, 9.17) is 0 Å². The Morgan fingerprint density at radius 1 is 0.789 bits per heavy atom. The van der Waals surface area contributed by atoms with Gasteiger partial charge in [-0.3, -0.25) is 0 Å². The van der Waals surface area contributed by atoms with Crippen LogP contribution in [0.15, 0.2) is 0 Å². The molecule has 0 radical (unpaired) electrons. The van der Waals surface area contributed by atoms with Gasteiger partial charge in [-0.2, -0.15) is 0 Å². The zero-order valence-electron chi connectivity index (χ0n) is 13.1. The van der Waals surface area contributed by atoms with Crippen LogP contribution in [0.1, 0.15) is 83.5 Å². The van der Waals surface area contributed by atoms with E-state index in [-0.39, 0.29) is 0 Å². The van der Waals surface area contributed by atoms with Gasteiger partial charge in [0.1, 0.15) is 0 Å². The summed E-state index contributed by atoms with van der Waals surface area (Å²) in [6.07, 6.45) is 12.4. The van der Waals surface area contributed by atoms with Crippen LogP contribution in [0.2, 0.25) is 0 Å². The minimum atomic E-state index is 1.05. The lowest BCUT2D eigenvalue weighted by atomic mass is 10.1. The molecule has 0 aromatic carbocycles. The van der Waals surface area contributed by atoms with Crippen LogP contribution in [0.3, 0.4) is 0 Å². The summed E-state index contributed by atoms with van der Waals surface area (Å²) in [6.45, 7) is 7.80. The summed E-state index contributed by atoms with van der Waals surface area (Å²) < 4.78 is 2.18. The molecule has 110 valence electrons. The summed E-state index contributed by atoms with van der Waals surface area (Å²) in [5.74, 6) is 0. The third kappa shape index (κ3) is 5.75. The summed E-state index contributed by atoms with van der Waals surface area (Å²) in [5, 5.41) is 8.80. The van der Waals surface area contributed by atoms with Gasteiger partial charge in [-0.05, 0) is 32.1 Å². The third-order valence-corrected chi connectivity index (χ3v) is 3.68. The average molecular weight is 265 g/mol.